The molecule has 0 fully saturated rings. The lowest BCUT2D eigenvalue weighted by Gasteiger charge is -2.14. The maximum atomic E-state index is 12.3. The lowest BCUT2D eigenvalue weighted by Crippen LogP contribution is -2.31. The van der Waals surface area contributed by atoms with Crippen LogP contribution in [-0.2, 0) is 26.7 Å². The molecule has 3 heterocycles. The van der Waals surface area contributed by atoms with E-state index >= 15 is 0 Å². The Morgan fingerprint density at radius 3 is 2.69 bits per heavy atom. The summed E-state index contributed by atoms with van der Waals surface area (Å²) in [6.07, 6.45) is 1.82. The van der Waals surface area contributed by atoms with Crippen LogP contribution in [0.25, 0.3) is 11.2 Å². The van der Waals surface area contributed by atoms with E-state index in [4.69, 9.17) is 0 Å². The first kappa shape index (κ1) is 18.5. The Labute approximate surface area is 155 Å². The van der Waals surface area contributed by atoms with E-state index in [1.807, 2.05) is 26.4 Å². The van der Waals surface area contributed by atoms with Crippen LogP contribution in [0.1, 0.15) is 36.3 Å². The fourth-order valence-electron chi connectivity index (χ4n) is 3.01. The Kier molecular flexibility index (Phi) is 5.38. The number of unbranched alkanes of at least 4 members (excludes halogenated alkanes) is 1. The monoisotopic (exact) mass is 376 g/mol. The minimum absolute atomic E-state index is 0.392. The molecule has 0 aliphatic rings. The number of aromatic nitrogens is 5. The first-order valence-corrected chi connectivity index (χ1v) is 9.56. The zero-order valence-corrected chi connectivity index (χ0v) is 16.4. The van der Waals surface area contributed by atoms with Crippen molar-refractivity contribution >= 4 is 22.5 Å². The lowest BCUT2D eigenvalue weighted by molar-refractivity contribution is 0.304. The van der Waals surface area contributed by atoms with Gasteiger partial charge in [-0.1, -0.05) is 13.3 Å². The van der Waals surface area contributed by atoms with Gasteiger partial charge >= 0.3 is 5.69 Å². The number of aromatic amines is 1. The van der Waals surface area contributed by atoms with E-state index in [1.165, 1.54) is 0 Å². The van der Waals surface area contributed by atoms with Crippen molar-refractivity contribution in [1.82, 2.24) is 29.0 Å². The minimum atomic E-state index is -0.396. The second-order valence-electron chi connectivity index (χ2n) is 6.55. The number of rotatable bonds is 7. The van der Waals surface area contributed by atoms with E-state index in [9.17, 15) is 9.59 Å². The van der Waals surface area contributed by atoms with Gasteiger partial charge in [-0.2, -0.15) is 0 Å². The predicted molar refractivity (Wildman–Crippen MR) is 103 cm³/mol. The molecular weight excluding hydrogens is 352 g/mol. The van der Waals surface area contributed by atoms with Crippen LogP contribution >= 0.6 is 11.3 Å². The minimum Gasteiger partial charge on any atom is -0.324 e. The number of nitrogens with zero attached hydrogens (tertiary/aromatic N) is 5. The number of hydrogen-bond acceptors (Lipinski definition) is 6. The van der Waals surface area contributed by atoms with Gasteiger partial charge in [-0.3, -0.25) is 19.2 Å². The molecule has 0 aromatic carbocycles. The number of aryl methyl sites for hydroxylation is 3. The zero-order valence-electron chi connectivity index (χ0n) is 15.6. The number of hydrogen-bond donors (Lipinski definition) is 1. The molecule has 3 rings (SSSR count). The highest BCUT2D eigenvalue weighted by Crippen LogP contribution is 2.14. The molecule has 0 radical (unpaired) electrons. The van der Waals surface area contributed by atoms with Crippen molar-refractivity contribution in [2.75, 3.05) is 7.05 Å². The third kappa shape index (κ3) is 3.63. The van der Waals surface area contributed by atoms with Crippen LogP contribution in [0.3, 0.4) is 0 Å². The molecule has 8 nitrogen and oxygen atoms in total. The first-order valence-electron chi connectivity index (χ1n) is 8.68. The van der Waals surface area contributed by atoms with E-state index in [0.717, 1.165) is 29.4 Å². The molecule has 9 heteroatoms. The van der Waals surface area contributed by atoms with Crippen LogP contribution in [0.15, 0.2) is 15.0 Å². The van der Waals surface area contributed by atoms with Gasteiger partial charge in [0.1, 0.15) is 5.82 Å². The molecule has 3 aromatic rings. The average Bonchev–Trinajstić information content (AvgIpc) is 3.11. The first-order chi connectivity index (χ1) is 12.4. The van der Waals surface area contributed by atoms with Crippen LogP contribution in [0, 0.1) is 6.92 Å². The van der Waals surface area contributed by atoms with Crippen LogP contribution in [-0.4, -0.2) is 36.0 Å². The summed E-state index contributed by atoms with van der Waals surface area (Å²) in [4.78, 5) is 38.1. The van der Waals surface area contributed by atoms with Crippen molar-refractivity contribution in [3.05, 3.63) is 42.7 Å². The molecule has 0 saturated carbocycles. The van der Waals surface area contributed by atoms with Gasteiger partial charge < -0.3 is 4.57 Å². The van der Waals surface area contributed by atoms with Crippen LogP contribution in [0.5, 0.6) is 0 Å². The van der Waals surface area contributed by atoms with Gasteiger partial charge in [0, 0.05) is 25.5 Å². The number of fused-ring (bicyclic) bond motifs is 1. The van der Waals surface area contributed by atoms with Crippen molar-refractivity contribution in [3.8, 4) is 0 Å². The van der Waals surface area contributed by atoms with Crippen LogP contribution in [0.2, 0.25) is 0 Å². The Bertz CT molecular complexity index is 1030. The van der Waals surface area contributed by atoms with Gasteiger partial charge in [0.2, 0.25) is 0 Å². The van der Waals surface area contributed by atoms with Gasteiger partial charge in [-0.05, 0) is 20.4 Å². The normalized spacial score (nSPS) is 11.7. The molecule has 0 aliphatic carbocycles. The molecule has 0 unspecified atom stereocenters. The standard InChI is InChI=1S/C17H24N6O2S/c1-5-6-7-23-15-14(16(24)20-17(23)25)22(4)13(19-15)9-21(3)8-12-10-26-11(2)18-12/h10H,5-9H2,1-4H3,(H,20,24,25). The number of imidazole rings is 1. The molecule has 26 heavy (non-hydrogen) atoms. The van der Waals surface area contributed by atoms with Gasteiger partial charge in [-0.25, -0.2) is 14.8 Å². The Balaban J connectivity index is 1.93. The summed E-state index contributed by atoms with van der Waals surface area (Å²) in [6.45, 7) is 5.86. The maximum absolute atomic E-state index is 12.3. The highest BCUT2D eigenvalue weighted by molar-refractivity contribution is 7.09. The summed E-state index contributed by atoms with van der Waals surface area (Å²) in [5.74, 6) is 0.746. The molecule has 0 aliphatic heterocycles. The molecule has 140 valence electrons. The van der Waals surface area contributed by atoms with Crippen molar-refractivity contribution in [2.24, 2.45) is 7.05 Å². The topological polar surface area (TPSA) is 88.8 Å². The third-order valence-corrected chi connectivity index (χ3v) is 5.17. The Morgan fingerprint density at radius 2 is 2.04 bits per heavy atom. The molecule has 3 aromatic heterocycles. The van der Waals surface area contributed by atoms with Gasteiger partial charge in [-0.15, -0.1) is 11.3 Å². The highest BCUT2D eigenvalue weighted by atomic mass is 32.1. The van der Waals surface area contributed by atoms with Gasteiger partial charge in [0.05, 0.1) is 17.2 Å². The van der Waals surface area contributed by atoms with E-state index in [-0.39, 0.29) is 0 Å². The molecule has 0 bridgehead atoms. The summed E-state index contributed by atoms with van der Waals surface area (Å²) in [6, 6.07) is 0. The van der Waals surface area contributed by atoms with Gasteiger partial charge in [0.25, 0.3) is 5.56 Å². The van der Waals surface area contributed by atoms with E-state index in [0.29, 0.717) is 30.8 Å². The SMILES string of the molecule is CCCCn1c(=O)[nH]c(=O)c2c1nc(CN(C)Cc1csc(C)n1)n2C. The maximum Gasteiger partial charge on any atom is 0.330 e. The lowest BCUT2D eigenvalue weighted by atomic mass is 10.3. The fourth-order valence-corrected chi connectivity index (χ4v) is 3.61. The van der Waals surface area contributed by atoms with Crippen molar-refractivity contribution < 1.29 is 0 Å². The smallest absolute Gasteiger partial charge is 0.324 e. The molecule has 0 spiro atoms. The quantitative estimate of drug-likeness (QED) is 0.677. The summed E-state index contributed by atoms with van der Waals surface area (Å²) >= 11 is 1.63. The Morgan fingerprint density at radius 1 is 1.27 bits per heavy atom. The van der Waals surface area contributed by atoms with Crippen LogP contribution < -0.4 is 11.2 Å². The summed E-state index contributed by atoms with van der Waals surface area (Å²) in [5.41, 5.74) is 1.13. The predicted octanol–water partition coefficient (Wildman–Crippen LogP) is 1.62. The molecule has 0 saturated heterocycles. The number of thiazole rings is 1. The molecule has 0 atom stereocenters. The summed E-state index contributed by atoms with van der Waals surface area (Å²) in [7, 11) is 3.80. The summed E-state index contributed by atoms with van der Waals surface area (Å²) in [5, 5.41) is 3.09. The second kappa shape index (κ2) is 7.55. The van der Waals surface area contributed by atoms with Crippen molar-refractivity contribution in [1.29, 1.82) is 0 Å². The molecule has 1 N–H and O–H groups in total. The molecule has 0 amide bonds. The van der Waals surface area contributed by atoms with E-state index in [2.05, 4.69) is 26.8 Å². The summed E-state index contributed by atoms with van der Waals surface area (Å²) < 4.78 is 3.34. The number of H-pyrrole nitrogens is 1. The van der Waals surface area contributed by atoms with Crippen LogP contribution in [0.4, 0.5) is 0 Å². The van der Waals surface area contributed by atoms with Gasteiger partial charge in [0.15, 0.2) is 11.2 Å². The highest BCUT2D eigenvalue weighted by Gasteiger charge is 2.17. The fraction of sp³-hybridized carbons (Fsp3) is 0.529. The van der Waals surface area contributed by atoms with Crippen molar-refractivity contribution in [2.45, 2.75) is 46.3 Å². The Hall–Kier alpha value is -2.26. The van der Waals surface area contributed by atoms with Crippen molar-refractivity contribution in [3.63, 3.8) is 0 Å². The zero-order chi connectivity index (χ0) is 18.8. The average molecular weight is 376 g/mol. The number of nitrogens with one attached hydrogen (secondary N) is 1. The van der Waals surface area contributed by atoms with E-state index in [1.54, 1.807) is 20.5 Å². The largest absolute Gasteiger partial charge is 0.330 e. The third-order valence-electron chi connectivity index (χ3n) is 4.35. The second-order valence-corrected chi connectivity index (χ2v) is 7.62. The van der Waals surface area contributed by atoms with E-state index < -0.39 is 11.2 Å². The molecular formula is C17H24N6O2S.